The predicted octanol–water partition coefficient (Wildman–Crippen LogP) is 3.03. The van der Waals surface area contributed by atoms with Gasteiger partial charge in [-0.2, -0.15) is 0 Å². The van der Waals surface area contributed by atoms with Crippen LogP contribution in [-0.2, 0) is 4.74 Å². The Morgan fingerprint density at radius 1 is 1.45 bits per heavy atom. The third-order valence-electron chi connectivity index (χ3n) is 3.20. The summed E-state index contributed by atoms with van der Waals surface area (Å²) in [6.07, 6.45) is 1.99. The highest BCUT2D eigenvalue weighted by molar-refractivity contribution is 6.34. The minimum atomic E-state index is -0.645. The summed E-state index contributed by atoms with van der Waals surface area (Å²) in [6.45, 7) is 3.38. The van der Waals surface area contributed by atoms with Gasteiger partial charge in [-0.1, -0.05) is 11.6 Å². The Hall–Kier alpha value is -1.82. The number of ether oxygens (including phenoxy) is 1. The molecule has 0 radical (unpaired) electrons. The predicted molar refractivity (Wildman–Crippen MR) is 75.5 cm³/mol. The van der Waals surface area contributed by atoms with Crippen LogP contribution < -0.4 is 4.90 Å². The molecular formula is C13H15ClN2O4. The van der Waals surface area contributed by atoms with Crippen molar-refractivity contribution >= 4 is 28.9 Å². The van der Waals surface area contributed by atoms with E-state index in [9.17, 15) is 14.9 Å². The molecule has 0 spiro atoms. The van der Waals surface area contributed by atoms with Gasteiger partial charge in [-0.25, -0.2) is 4.79 Å². The summed E-state index contributed by atoms with van der Waals surface area (Å²) in [5, 5.41) is 11.4. The number of anilines is 1. The van der Waals surface area contributed by atoms with E-state index >= 15 is 0 Å². The average Bonchev–Trinajstić information content (AvgIpc) is 2.91. The van der Waals surface area contributed by atoms with E-state index in [1.807, 2.05) is 4.90 Å². The molecule has 0 saturated carbocycles. The molecule has 1 fully saturated rings. The van der Waals surface area contributed by atoms with Crippen LogP contribution in [0.2, 0.25) is 5.02 Å². The number of nitrogens with zero attached hydrogens (tertiary/aromatic N) is 2. The highest BCUT2D eigenvalue weighted by atomic mass is 35.5. The van der Waals surface area contributed by atoms with E-state index in [1.54, 1.807) is 6.92 Å². The van der Waals surface area contributed by atoms with Crippen molar-refractivity contribution in [2.75, 3.05) is 24.6 Å². The Kier molecular flexibility index (Phi) is 4.44. The van der Waals surface area contributed by atoms with Gasteiger partial charge in [0.25, 0.3) is 5.69 Å². The maximum absolute atomic E-state index is 11.7. The molecule has 0 amide bonds. The second-order valence-corrected chi connectivity index (χ2v) is 4.90. The summed E-state index contributed by atoms with van der Waals surface area (Å²) in [4.78, 5) is 24.4. The van der Waals surface area contributed by atoms with Crippen molar-refractivity contribution in [1.82, 2.24) is 0 Å². The van der Waals surface area contributed by atoms with Crippen molar-refractivity contribution in [3.8, 4) is 0 Å². The minimum Gasteiger partial charge on any atom is -0.462 e. The maximum Gasteiger partial charge on any atom is 0.339 e. The molecule has 0 unspecified atom stereocenters. The van der Waals surface area contributed by atoms with Crippen LogP contribution in [0, 0.1) is 10.1 Å². The second-order valence-electron chi connectivity index (χ2n) is 4.49. The quantitative estimate of drug-likeness (QED) is 0.485. The molecule has 0 aliphatic carbocycles. The van der Waals surface area contributed by atoms with Gasteiger partial charge in [0.15, 0.2) is 0 Å². The molecule has 1 aromatic carbocycles. The van der Waals surface area contributed by atoms with Crippen LogP contribution in [0.15, 0.2) is 12.1 Å². The number of hydrogen-bond donors (Lipinski definition) is 0. The Balaban J connectivity index is 2.46. The van der Waals surface area contributed by atoms with Crippen molar-refractivity contribution < 1.29 is 14.5 Å². The highest BCUT2D eigenvalue weighted by Crippen LogP contribution is 2.35. The summed E-state index contributed by atoms with van der Waals surface area (Å²) in [5.41, 5.74) is 0.382. The van der Waals surface area contributed by atoms with Crippen LogP contribution in [0.1, 0.15) is 30.1 Å². The third-order valence-corrected chi connectivity index (χ3v) is 3.52. The van der Waals surface area contributed by atoms with Gasteiger partial charge in [-0.3, -0.25) is 10.1 Å². The number of halogens is 1. The first-order valence-corrected chi connectivity index (χ1v) is 6.82. The van der Waals surface area contributed by atoms with Crippen molar-refractivity contribution in [1.29, 1.82) is 0 Å². The van der Waals surface area contributed by atoms with E-state index in [0.29, 0.717) is 5.69 Å². The molecule has 1 aliphatic rings. The van der Waals surface area contributed by atoms with E-state index in [2.05, 4.69) is 0 Å². The summed E-state index contributed by atoms with van der Waals surface area (Å²) in [7, 11) is 0. The van der Waals surface area contributed by atoms with E-state index < -0.39 is 10.9 Å². The van der Waals surface area contributed by atoms with Gasteiger partial charge in [0.05, 0.1) is 22.1 Å². The first-order chi connectivity index (χ1) is 9.54. The molecule has 2 rings (SSSR count). The van der Waals surface area contributed by atoms with Gasteiger partial charge >= 0.3 is 5.97 Å². The van der Waals surface area contributed by atoms with Crippen LogP contribution in [0.3, 0.4) is 0 Å². The van der Waals surface area contributed by atoms with E-state index in [0.717, 1.165) is 25.9 Å². The molecule has 0 N–H and O–H groups in total. The Morgan fingerprint density at radius 3 is 2.65 bits per heavy atom. The molecule has 0 bridgehead atoms. The zero-order valence-electron chi connectivity index (χ0n) is 11.1. The highest BCUT2D eigenvalue weighted by Gasteiger charge is 2.26. The van der Waals surface area contributed by atoms with Crippen LogP contribution in [-0.4, -0.2) is 30.6 Å². The maximum atomic E-state index is 11.7. The lowest BCUT2D eigenvalue weighted by Crippen LogP contribution is -2.19. The smallest absolute Gasteiger partial charge is 0.339 e. The van der Waals surface area contributed by atoms with Crippen molar-refractivity contribution in [2.45, 2.75) is 19.8 Å². The summed E-state index contributed by atoms with van der Waals surface area (Å²) in [6, 6.07) is 2.69. The molecule has 1 saturated heterocycles. The fourth-order valence-corrected chi connectivity index (χ4v) is 2.51. The molecule has 0 aromatic heterocycles. The van der Waals surface area contributed by atoms with Crippen LogP contribution >= 0.6 is 11.6 Å². The Labute approximate surface area is 121 Å². The Bertz CT molecular complexity index is 541. The molecule has 20 heavy (non-hydrogen) atoms. The third kappa shape index (κ3) is 2.85. The number of hydrogen-bond acceptors (Lipinski definition) is 5. The summed E-state index contributed by atoms with van der Waals surface area (Å²) in [5.74, 6) is -0.645. The fraction of sp³-hybridized carbons (Fsp3) is 0.462. The van der Waals surface area contributed by atoms with Gasteiger partial charge < -0.3 is 9.64 Å². The number of nitro groups is 1. The van der Waals surface area contributed by atoms with Gasteiger partial charge in [0.2, 0.25) is 0 Å². The molecule has 1 aromatic rings. The van der Waals surface area contributed by atoms with Crippen LogP contribution in [0.5, 0.6) is 0 Å². The van der Waals surface area contributed by atoms with Crippen molar-refractivity contribution in [3.63, 3.8) is 0 Å². The lowest BCUT2D eigenvalue weighted by Gasteiger charge is -2.18. The summed E-state index contributed by atoms with van der Waals surface area (Å²) >= 11 is 6.06. The van der Waals surface area contributed by atoms with Crippen LogP contribution in [0.25, 0.3) is 0 Å². The zero-order chi connectivity index (χ0) is 14.7. The lowest BCUT2D eigenvalue weighted by molar-refractivity contribution is -0.384. The number of carbonyl (C=O) groups excluding carboxylic acids is 1. The first-order valence-electron chi connectivity index (χ1n) is 6.44. The molecule has 108 valence electrons. The number of benzene rings is 1. The van der Waals surface area contributed by atoms with Crippen molar-refractivity contribution in [2.24, 2.45) is 0 Å². The fourth-order valence-electron chi connectivity index (χ4n) is 2.27. The second kappa shape index (κ2) is 6.09. The monoisotopic (exact) mass is 298 g/mol. The van der Waals surface area contributed by atoms with Gasteiger partial charge in [-0.05, 0) is 25.8 Å². The first kappa shape index (κ1) is 14.6. The van der Waals surface area contributed by atoms with E-state index in [-0.39, 0.29) is 22.9 Å². The SMILES string of the molecule is CCOC(=O)c1cc([N+](=O)[O-])c(N2CCCC2)cc1Cl. The topological polar surface area (TPSA) is 72.7 Å². The average molecular weight is 299 g/mol. The lowest BCUT2D eigenvalue weighted by atomic mass is 10.1. The molecular weight excluding hydrogens is 284 g/mol. The number of carbonyl (C=O) groups is 1. The largest absolute Gasteiger partial charge is 0.462 e. The number of nitro benzene ring substituents is 1. The standard InChI is InChI=1S/C13H15ClN2O4/c1-2-20-13(17)9-7-12(16(18)19)11(8-10(9)14)15-5-3-4-6-15/h7-8H,2-6H2,1H3. The van der Waals surface area contributed by atoms with Gasteiger partial charge in [0, 0.05) is 19.2 Å². The number of esters is 1. The molecule has 7 heteroatoms. The number of rotatable bonds is 4. The molecule has 0 atom stereocenters. The van der Waals surface area contributed by atoms with Gasteiger partial charge in [0.1, 0.15) is 5.69 Å². The van der Waals surface area contributed by atoms with Crippen LogP contribution in [0.4, 0.5) is 11.4 Å². The van der Waals surface area contributed by atoms with E-state index in [1.165, 1.54) is 12.1 Å². The minimum absolute atomic E-state index is 0.0307. The molecule has 1 heterocycles. The van der Waals surface area contributed by atoms with Crippen molar-refractivity contribution in [3.05, 3.63) is 32.8 Å². The Morgan fingerprint density at radius 2 is 2.10 bits per heavy atom. The normalized spacial score (nSPS) is 14.4. The summed E-state index contributed by atoms with van der Waals surface area (Å²) < 4.78 is 4.85. The molecule has 1 aliphatic heterocycles. The molecule has 6 nitrogen and oxygen atoms in total. The van der Waals surface area contributed by atoms with E-state index in [4.69, 9.17) is 16.3 Å². The zero-order valence-corrected chi connectivity index (χ0v) is 11.9. The van der Waals surface area contributed by atoms with Gasteiger partial charge in [-0.15, -0.1) is 0 Å².